The molecule has 0 unspecified atom stereocenters. The van der Waals surface area contributed by atoms with Crippen molar-refractivity contribution >= 4 is 67.1 Å². The molecule has 0 aliphatic rings. The summed E-state index contributed by atoms with van der Waals surface area (Å²) in [5.41, 5.74) is 0.0876. The van der Waals surface area contributed by atoms with E-state index in [1.165, 1.54) is 12.1 Å². The van der Waals surface area contributed by atoms with E-state index >= 15 is 0 Å². The molecule has 0 radical (unpaired) electrons. The summed E-state index contributed by atoms with van der Waals surface area (Å²) in [5.74, 6) is -0.953. The molecule has 39 heavy (non-hydrogen) atoms. The van der Waals surface area contributed by atoms with Gasteiger partial charge in [-0.15, -0.1) is 5.11 Å². The number of nitrogens with zero attached hydrogens (tertiary/aromatic N) is 2. The number of ether oxygens (including phenoxy) is 1. The van der Waals surface area contributed by atoms with Crippen molar-refractivity contribution in [2.75, 3.05) is 11.9 Å². The fourth-order valence-corrected chi connectivity index (χ4v) is 4.73. The van der Waals surface area contributed by atoms with Gasteiger partial charge in [-0.2, -0.15) is 13.5 Å². The second kappa shape index (κ2) is 12.6. The first-order chi connectivity index (χ1) is 18.0. The monoisotopic (exact) mass is 595 g/mol. The van der Waals surface area contributed by atoms with Crippen LogP contribution in [0.3, 0.4) is 0 Å². The van der Waals surface area contributed by atoms with Crippen LogP contribution in [0.1, 0.15) is 22.8 Å². The Hall–Kier alpha value is -2.70. The number of anilines is 1. The first kappa shape index (κ1) is 30.8. The Morgan fingerprint density at radius 1 is 1.05 bits per heavy atom. The molecule has 0 fully saturated rings. The van der Waals surface area contributed by atoms with Gasteiger partial charge >= 0.3 is 29.6 Å². The molecule has 0 heterocycles. The summed E-state index contributed by atoms with van der Waals surface area (Å²) < 4.78 is 38.7. The van der Waals surface area contributed by atoms with Gasteiger partial charge in [0.15, 0.2) is 0 Å². The molecular weight excluding hydrogens is 576 g/mol. The number of aryl methyl sites for hydroxylation is 1. The van der Waals surface area contributed by atoms with Crippen molar-refractivity contribution < 1.29 is 57.2 Å². The number of carbonyl (C=O) groups is 1. The Morgan fingerprint density at radius 2 is 1.77 bits per heavy atom. The number of hydrogen-bond donors (Lipinski definition) is 2. The van der Waals surface area contributed by atoms with E-state index in [0.717, 1.165) is 6.07 Å². The van der Waals surface area contributed by atoms with Crippen molar-refractivity contribution in [1.82, 2.24) is 0 Å². The number of carbonyl (C=O) groups excluding carboxylic acids is 1. The molecule has 1 amide bonds. The van der Waals surface area contributed by atoms with E-state index in [1.54, 1.807) is 49.4 Å². The van der Waals surface area contributed by atoms with Crippen LogP contribution in [-0.2, 0) is 10.1 Å². The van der Waals surface area contributed by atoms with Crippen LogP contribution in [0.5, 0.6) is 11.5 Å². The summed E-state index contributed by atoms with van der Waals surface area (Å²) >= 11 is 12.3. The van der Waals surface area contributed by atoms with Crippen LogP contribution >= 0.6 is 23.2 Å². The van der Waals surface area contributed by atoms with Crippen molar-refractivity contribution in [3.8, 4) is 11.5 Å². The second-order valence-corrected chi connectivity index (χ2v) is 10.3. The maximum atomic E-state index is 13.4. The minimum atomic E-state index is -4.70. The van der Waals surface area contributed by atoms with E-state index < -0.39 is 26.7 Å². The van der Waals surface area contributed by atoms with Crippen molar-refractivity contribution in [2.24, 2.45) is 10.2 Å². The first-order valence-electron chi connectivity index (χ1n) is 11.2. The van der Waals surface area contributed by atoms with Crippen LogP contribution in [0.4, 0.5) is 17.1 Å². The molecule has 196 valence electrons. The standard InChI is InChI=1S/C26H21Cl2N3O6S.Na/c1-3-37-16-8-9-21(20(28)12-16)29-26(33)18-11-15-6-4-5-7-17(15)24(25(18)32)31-30-22-10-14(2)19(27)13-23(22)38(34,35)36;/h4-13,32H,3H2,1-2H3,(H,29,33)(H,34,35,36);/q;+1/p-1. The Bertz CT molecular complexity index is 1710. The molecule has 0 saturated heterocycles. The quantitative estimate of drug-likeness (QED) is 0.189. The minimum Gasteiger partial charge on any atom is -0.870 e. The summed E-state index contributed by atoms with van der Waals surface area (Å²) in [5, 5.41) is 25.2. The van der Waals surface area contributed by atoms with Crippen molar-refractivity contribution in [1.29, 1.82) is 0 Å². The molecule has 0 aliphatic carbocycles. The second-order valence-electron chi connectivity index (χ2n) is 8.10. The third-order valence-electron chi connectivity index (χ3n) is 5.50. The number of amides is 1. The van der Waals surface area contributed by atoms with Crippen LogP contribution in [0.25, 0.3) is 10.8 Å². The van der Waals surface area contributed by atoms with Gasteiger partial charge in [0.2, 0.25) is 0 Å². The number of hydrogen-bond acceptors (Lipinski definition) is 7. The van der Waals surface area contributed by atoms with E-state index in [0.29, 0.717) is 28.7 Å². The van der Waals surface area contributed by atoms with Gasteiger partial charge in [-0.1, -0.05) is 53.2 Å². The van der Waals surface area contributed by atoms with Crippen LogP contribution in [0, 0.1) is 6.92 Å². The van der Waals surface area contributed by atoms with Gasteiger partial charge < -0.3 is 15.2 Å². The maximum Gasteiger partial charge on any atom is 1.00 e. The molecule has 0 bridgehead atoms. The number of fused-ring (bicyclic) bond motifs is 1. The maximum absolute atomic E-state index is 13.4. The van der Waals surface area contributed by atoms with Crippen molar-refractivity contribution in [3.63, 3.8) is 0 Å². The fraction of sp³-hybridized carbons (Fsp3) is 0.115. The van der Waals surface area contributed by atoms with E-state index in [2.05, 4.69) is 15.5 Å². The molecule has 0 aliphatic heterocycles. The predicted molar refractivity (Wildman–Crippen MR) is 144 cm³/mol. The topological polar surface area (TPSA) is 140 Å². The molecule has 4 rings (SSSR count). The summed E-state index contributed by atoms with van der Waals surface area (Å²) in [4.78, 5) is 12.6. The third-order valence-corrected chi connectivity index (χ3v) is 7.10. The summed E-state index contributed by atoms with van der Waals surface area (Å²) in [7, 11) is -4.70. The van der Waals surface area contributed by atoms with E-state index in [1.807, 2.05) is 6.92 Å². The molecule has 0 saturated carbocycles. The van der Waals surface area contributed by atoms with Crippen molar-refractivity contribution in [2.45, 2.75) is 18.7 Å². The molecule has 0 spiro atoms. The number of rotatable bonds is 7. The van der Waals surface area contributed by atoms with Gasteiger partial charge in [0.25, 0.3) is 16.0 Å². The Kier molecular flexibility index (Phi) is 10.0. The Morgan fingerprint density at radius 3 is 2.44 bits per heavy atom. The molecular formula is C26H20Cl2N3NaO6S. The van der Waals surface area contributed by atoms with Gasteiger partial charge in [0.05, 0.1) is 23.0 Å². The van der Waals surface area contributed by atoms with E-state index in [-0.39, 0.29) is 62.2 Å². The molecule has 2 N–H and O–H groups in total. The van der Waals surface area contributed by atoms with Gasteiger partial charge in [-0.3, -0.25) is 9.35 Å². The van der Waals surface area contributed by atoms with Crippen LogP contribution in [-0.4, -0.2) is 25.5 Å². The Balaban J connectivity index is 0.00000420. The zero-order valence-corrected chi connectivity index (χ0v) is 25.4. The Labute approximate surface area is 256 Å². The average Bonchev–Trinajstić information content (AvgIpc) is 2.86. The van der Waals surface area contributed by atoms with Crippen LogP contribution in [0.15, 0.2) is 75.8 Å². The molecule has 4 aromatic carbocycles. The predicted octanol–water partition coefficient (Wildman–Crippen LogP) is 3.85. The summed E-state index contributed by atoms with van der Waals surface area (Å²) in [6, 6.07) is 15.2. The third kappa shape index (κ3) is 6.90. The van der Waals surface area contributed by atoms with Gasteiger partial charge in [-0.25, -0.2) is 0 Å². The van der Waals surface area contributed by atoms with Gasteiger partial charge in [0, 0.05) is 22.0 Å². The molecule has 4 aromatic rings. The van der Waals surface area contributed by atoms with Gasteiger partial charge in [0.1, 0.15) is 16.3 Å². The van der Waals surface area contributed by atoms with E-state index in [9.17, 15) is 22.9 Å². The molecule has 13 heteroatoms. The molecule has 0 aromatic heterocycles. The molecule has 9 nitrogen and oxygen atoms in total. The number of benzene rings is 4. The number of azo groups is 1. The SMILES string of the molecule is CCOc1ccc(NC(=O)c2cc3ccccc3c(N=Nc3cc(C)c(Cl)cc3S(=O)(=O)O)c2[O-])c(Cl)c1.[Na+]. The summed E-state index contributed by atoms with van der Waals surface area (Å²) in [6.45, 7) is 3.88. The van der Waals surface area contributed by atoms with Crippen molar-refractivity contribution in [3.05, 3.63) is 81.8 Å². The zero-order chi connectivity index (χ0) is 27.6. The van der Waals surface area contributed by atoms with Gasteiger partial charge in [-0.05, 0) is 55.1 Å². The normalized spacial score (nSPS) is 11.4. The number of halogens is 2. The largest absolute Gasteiger partial charge is 1.00 e. The minimum absolute atomic E-state index is 0. The van der Waals surface area contributed by atoms with E-state index in [4.69, 9.17) is 27.9 Å². The fourth-order valence-electron chi connectivity index (χ4n) is 3.66. The first-order valence-corrected chi connectivity index (χ1v) is 13.3. The average molecular weight is 596 g/mol. The zero-order valence-electron chi connectivity index (χ0n) is 21.0. The van der Waals surface area contributed by atoms with Crippen LogP contribution in [0.2, 0.25) is 10.0 Å². The molecule has 0 atom stereocenters. The van der Waals surface area contributed by atoms with Crippen LogP contribution < -0.4 is 44.7 Å². The smallest absolute Gasteiger partial charge is 0.870 e. The number of nitrogens with one attached hydrogen (secondary N) is 1. The summed E-state index contributed by atoms with van der Waals surface area (Å²) in [6.07, 6.45) is 0.